The summed E-state index contributed by atoms with van der Waals surface area (Å²) in [6.45, 7) is 2.97. The highest BCUT2D eigenvalue weighted by atomic mass is 16.3. The first-order chi connectivity index (χ1) is 11.4. The standard InChI is InChI=1S/C16H18N6O/c23-8-7-22-16-13(9-20-22)15(18-11-19-16)21-6-5-17-14-4-2-1-3-12(14)10-21/h1-4,9,11,17,23H,5-8,10H2. The second kappa shape index (κ2) is 5.85. The molecule has 0 amide bonds. The Morgan fingerprint density at radius 3 is 3.04 bits per heavy atom. The van der Waals surface area contributed by atoms with Crippen LogP contribution < -0.4 is 10.2 Å². The van der Waals surface area contributed by atoms with Crippen LogP contribution in [0.25, 0.3) is 11.0 Å². The second-order valence-corrected chi connectivity index (χ2v) is 5.53. The Labute approximate surface area is 133 Å². The molecule has 7 heteroatoms. The van der Waals surface area contributed by atoms with Crippen LogP contribution in [0.3, 0.4) is 0 Å². The van der Waals surface area contributed by atoms with Crippen molar-refractivity contribution in [3.05, 3.63) is 42.4 Å². The highest BCUT2D eigenvalue weighted by molar-refractivity contribution is 5.86. The van der Waals surface area contributed by atoms with E-state index in [-0.39, 0.29) is 6.61 Å². The molecule has 0 unspecified atom stereocenters. The summed E-state index contributed by atoms with van der Waals surface area (Å²) in [6, 6.07) is 8.34. The Morgan fingerprint density at radius 1 is 1.22 bits per heavy atom. The van der Waals surface area contributed by atoms with E-state index in [0.717, 1.165) is 36.5 Å². The number of fused-ring (bicyclic) bond motifs is 2. The van der Waals surface area contributed by atoms with E-state index in [0.29, 0.717) is 6.54 Å². The third-order valence-corrected chi connectivity index (χ3v) is 4.10. The van der Waals surface area contributed by atoms with Crippen LogP contribution in [-0.2, 0) is 13.1 Å². The molecule has 0 spiro atoms. The van der Waals surface area contributed by atoms with E-state index < -0.39 is 0 Å². The molecule has 0 atom stereocenters. The molecule has 0 fully saturated rings. The minimum absolute atomic E-state index is 0.0388. The summed E-state index contributed by atoms with van der Waals surface area (Å²) >= 11 is 0. The van der Waals surface area contributed by atoms with Crippen molar-refractivity contribution in [1.29, 1.82) is 0 Å². The molecule has 1 aromatic carbocycles. The molecule has 7 nitrogen and oxygen atoms in total. The van der Waals surface area contributed by atoms with Gasteiger partial charge in [0, 0.05) is 25.3 Å². The van der Waals surface area contributed by atoms with Gasteiger partial charge in [0.25, 0.3) is 0 Å². The Balaban J connectivity index is 1.74. The summed E-state index contributed by atoms with van der Waals surface area (Å²) in [5.41, 5.74) is 3.19. The van der Waals surface area contributed by atoms with Crippen LogP contribution >= 0.6 is 0 Å². The highest BCUT2D eigenvalue weighted by Crippen LogP contribution is 2.27. The zero-order valence-electron chi connectivity index (χ0n) is 12.7. The fraction of sp³-hybridized carbons (Fsp3) is 0.312. The lowest BCUT2D eigenvalue weighted by Gasteiger charge is -2.21. The molecule has 3 heterocycles. The minimum atomic E-state index is 0.0388. The van der Waals surface area contributed by atoms with E-state index >= 15 is 0 Å². The molecule has 0 saturated heterocycles. The van der Waals surface area contributed by atoms with E-state index in [1.165, 1.54) is 11.3 Å². The Bertz CT molecular complexity index is 830. The van der Waals surface area contributed by atoms with Crippen molar-refractivity contribution in [2.24, 2.45) is 0 Å². The number of nitrogens with zero attached hydrogens (tertiary/aromatic N) is 5. The first-order valence-electron chi connectivity index (χ1n) is 7.71. The predicted octanol–water partition coefficient (Wildman–Crippen LogP) is 1.25. The van der Waals surface area contributed by atoms with Crippen molar-refractivity contribution in [2.75, 3.05) is 29.9 Å². The number of hydrogen-bond donors (Lipinski definition) is 2. The molecule has 1 aliphatic rings. The van der Waals surface area contributed by atoms with E-state index in [2.05, 4.69) is 43.5 Å². The number of benzene rings is 1. The largest absolute Gasteiger partial charge is 0.394 e. The molecule has 118 valence electrons. The number of anilines is 2. The van der Waals surface area contributed by atoms with Crippen LogP contribution in [-0.4, -0.2) is 44.6 Å². The van der Waals surface area contributed by atoms with Gasteiger partial charge in [0.2, 0.25) is 0 Å². The van der Waals surface area contributed by atoms with Crippen LogP contribution in [0.15, 0.2) is 36.8 Å². The lowest BCUT2D eigenvalue weighted by molar-refractivity contribution is 0.271. The third-order valence-electron chi connectivity index (χ3n) is 4.10. The number of aliphatic hydroxyl groups is 1. The first-order valence-corrected chi connectivity index (χ1v) is 7.71. The van der Waals surface area contributed by atoms with Gasteiger partial charge in [-0.3, -0.25) is 0 Å². The lowest BCUT2D eigenvalue weighted by atomic mass is 10.1. The fourth-order valence-corrected chi connectivity index (χ4v) is 3.01. The minimum Gasteiger partial charge on any atom is -0.394 e. The maximum absolute atomic E-state index is 9.14. The van der Waals surface area contributed by atoms with Crippen molar-refractivity contribution in [1.82, 2.24) is 19.7 Å². The van der Waals surface area contributed by atoms with Gasteiger partial charge >= 0.3 is 0 Å². The Kier molecular flexibility index (Phi) is 3.55. The molecule has 1 aliphatic heterocycles. The Hall–Kier alpha value is -2.67. The van der Waals surface area contributed by atoms with Gasteiger partial charge in [-0.15, -0.1) is 0 Å². The monoisotopic (exact) mass is 310 g/mol. The zero-order chi connectivity index (χ0) is 15.6. The average Bonchev–Trinajstić information content (AvgIpc) is 2.87. The molecule has 0 bridgehead atoms. The quantitative estimate of drug-likeness (QED) is 0.758. The van der Waals surface area contributed by atoms with E-state index in [1.807, 2.05) is 6.07 Å². The summed E-state index contributed by atoms with van der Waals surface area (Å²) in [6.07, 6.45) is 3.35. The van der Waals surface area contributed by atoms with Gasteiger partial charge in [-0.25, -0.2) is 14.6 Å². The fourth-order valence-electron chi connectivity index (χ4n) is 3.01. The molecule has 3 aromatic rings. The summed E-state index contributed by atoms with van der Waals surface area (Å²) in [4.78, 5) is 11.1. The van der Waals surface area contributed by atoms with Crippen molar-refractivity contribution in [2.45, 2.75) is 13.1 Å². The topological polar surface area (TPSA) is 79.1 Å². The highest BCUT2D eigenvalue weighted by Gasteiger charge is 2.19. The number of hydrogen-bond acceptors (Lipinski definition) is 6. The second-order valence-electron chi connectivity index (χ2n) is 5.53. The first kappa shape index (κ1) is 14.0. The summed E-state index contributed by atoms with van der Waals surface area (Å²) in [7, 11) is 0. The zero-order valence-corrected chi connectivity index (χ0v) is 12.7. The smallest absolute Gasteiger partial charge is 0.163 e. The summed E-state index contributed by atoms with van der Waals surface area (Å²) < 4.78 is 1.71. The van der Waals surface area contributed by atoms with Crippen LogP contribution in [0.1, 0.15) is 5.56 Å². The third kappa shape index (κ3) is 2.49. The molecule has 4 rings (SSSR count). The molecule has 0 saturated carbocycles. The van der Waals surface area contributed by atoms with Gasteiger partial charge in [0.1, 0.15) is 12.1 Å². The summed E-state index contributed by atoms with van der Waals surface area (Å²) in [5, 5.41) is 17.8. The van der Waals surface area contributed by atoms with Crippen LogP contribution in [0.5, 0.6) is 0 Å². The van der Waals surface area contributed by atoms with Crippen LogP contribution in [0.4, 0.5) is 11.5 Å². The summed E-state index contributed by atoms with van der Waals surface area (Å²) in [5.74, 6) is 0.887. The number of aromatic nitrogens is 4. The van der Waals surface area contributed by atoms with Crippen molar-refractivity contribution in [3.8, 4) is 0 Å². The molecule has 2 N–H and O–H groups in total. The van der Waals surface area contributed by atoms with Gasteiger partial charge in [0.15, 0.2) is 5.65 Å². The molecular weight excluding hydrogens is 292 g/mol. The van der Waals surface area contributed by atoms with Crippen LogP contribution in [0.2, 0.25) is 0 Å². The van der Waals surface area contributed by atoms with Crippen molar-refractivity contribution >= 4 is 22.5 Å². The van der Waals surface area contributed by atoms with Crippen molar-refractivity contribution < 1.29 is 5.11 Å². The van der Waals surface area contributed by atoms with Gasteiger partial charge in [-0.2, -0.15) is 5.10 Å². The average molecular weight is 310 g/mol. The number of nitrogens with one attached hydrogen (secondary N) is 1. The molecule has 0 radical (unpaired) electrons. The number of aliphatic hydroxyl groups excluding tert-OH is 1. The Morgan fingerprint density at radius 2 is 2.13 bits per heavy atom. The SMILES string of the molecule is OCCn1ncc2c(N3CCNc4ccccc4C3)ncnc21. The maximum atomic E-state index is 9.14. The normalized spacial score (nSPS) is 14.4. The predicted molar refractivity (Wildman–Crippen MR) is 88.4 cm³/mol. The lowest BCUT2D eigenvalue weighted by Crippen LogP contribution is -2.26. The van der Waals surface area contributed by atoms with E-state index in [9.17, 15) is 0 Å². The van der Waals surface area contributed by atoms with Gasteiger partial charge in [-0.05, 0) is 11.6 Å². The van der Waals surface area contributed by atoms with E-state index in [4.69, 9.17) is 5.11 Å². The van der Waals surface area contributed by atoms with Crippen LogP contribution in [0, 0.1) is 0 Å². The van der Waals surface area contributed by atoms with Gasteiger partial charge < -0.3 is 15.3 Å². The maximum Gasteiger partial charge on any atom is 0.163 e. The van der Waals surface area contributed by atoms with E-state index in [1.54, 1.807) is 17.2 Å². The molecule has 2 aromatic heterocycles. The number of rotatable bonds is 3. The molecular formula is C16H18N6O. The van der Waals surface area contributed by atoms with Gasteiger partial charge in [-0.1, -0.05) is 18.2 Å². The van der Waals surface area contributed by atoms with Crippen molar-refractivity contribution in [3.63, 3.8) is 0 Å². The van der Waals surface area contributed by atoms with Gasteiger partial charge in [0.05, 0.1) is 24.7 Å². The number of para-hydroxylation sites is 1. The molecule has 23 heavy (non-hydrogen) atoms. The molecule has 0 aliphatic carbocycles.